The predicted octanol–water partition coefficient (Wildman–Crippen LogP) is 5.18. The molecule has 0 saturated heterocycles. The second kappa shape index (κ2) is 7.35. The Morgan fingerprint density at radius 3 is 2.21 bits per heavy atom. The quantitative estimate of drug-likeness (QED) is 0.542. The lowest BCUT2D eigenvalue weighted by atomic mass is 10.0. The van der Waals surface area contributed by atoms with E-state index in [4.69, 9.17) is 4.74 Å². The highest BCUT2D eigenvalue weighted by Crippen LogP contribution is 2.46. The molecule has 1 amide bonds. The summed E-state index contributed by atoms with van der Waals surface area (Å²) in [5, 5.41) is 0. The Bertz CT molecular complexity index is 693. The van der Waals surface area contributed by atoms with Crippen molar-refractivity contribution in [2.45, 2.75) is 25.3 Å². The maximum atomic E-state index is 12.5. The fraction of sp³-hybridized carbons (Fsp3) is 0.286. The molecule has 0 aliphatic heterocycles. The maximum absolute atomic E-state index is 12.5. The van der Waals surface area contributed by atoms with Gasteiger partial charge in [0.05, 0.1) is 13.2 Å². The predicted molar refractivity (Wildman–Crippen MR) is 96.9 cm³/mol. The van der Waals surface area contributed by atoms with Crippen LogP contribution in [0.2, 0.25) is 0 Å². The minimum atomic E-state index is -0.273. The standard InChI is InChI=1S/C21H23NO2/c1-3-4-5-10-15-22(21(23)24-2)20-18-13-8-6-11-16(18)17-12-7-9-14-19(17)20/h3,6-9,11-14,20H,1,4-5,10,15H2,2H3. The maximum Gasteiger partial charge on any atom is 0.410 e. The van der Waals surface area contributed by atoms with Crippen LogP contribution in [0.25, 0.3) is 11.1 Å². The molecule has 0 saturated carbocycles. The molecule has 0 bridgehead atoms. The third-order valence-electron chi connectivity index (χ3n) is 4.58. The van der Waals surface area contributed by atoms with Gasteiger partial charge >= 0.3 is 6.09 Å². The van der Waals surface area contributed by atoms with Crippen LogP contribution in [-0.2, 0) is 4.74 Å². The van der Waals surface area contributed by atoms with E-state index >= 15 is 0 Å². The monoisotopic (exact) mass is 321 g/mol. The van der Waals surface area contributed by atoms with E-state index < -0.39 is 0 Å². The van der Waals surface area contributed by atoms with Gasteiger partial charge in [0.15, 0.2) is 0 Å². The van der Waals surface area contributed by atoms with Crippen LogP contribution in [0.4, 0.5) is 4.79 Å². The van der Waals surface area contributed by atoms with E-state index in [2.05, 4.69) is 30.8 Å². The molecule has 0 N–H and O–H groups in total. The number of fused-ring (bicyclic) bond motifs is 3. The summed E-state index contributed by atoms with van der Waals surface area (Å²) in [5.74, 6) is 0. The molecule has 124 valence electrons. The number of carbonyl (C=O) groups excluding carboxylic acids is 1. The number of carbonyl (C=O) groups is 1. The second-order valence-corrected chi connectivity index (χ2v) is 6.02. The first-order valence-corrected chi connectivity index (χ1v) is 8.41. The number of allylic oxidation sites excluding steroid dienone is 1. The van der Waals surface area contributed by atoms with E-state index in [0.29, 0.717) is 6.54 Å². The molecule has 1 aliphatic rings. The minimum absolute atomic E-state index is 0.0754. The first-order valence-electron chi connectivity index (χ1n) is 8.41. The molecule has 3 rings (SSSR count). The molecule has 0 spiro atoms. The van der Waals surface area contributed by atoms with E-state index in [-0.39, 0.29) is 12.1 Å². The number of amides is 1. The van der Waals surface area contributed by atoms with Crippen molar-refractivity contribution in [1.82, 2.24) is 4.90 Å². The van der Waals surface area contributed by atoms with Crippen LogP contribution in [0.15, 0.2) is 61.2 Å². The Hall–Kier alpha value is -2.55. The summed E-state index contributed by atoms with van der Waals surface area (Å²) in [6, 6.07) is 16.6. The normalized spacial score (nSPS) is 12.4. The van der Waals surface area contributed by atoms with Crippen LogP contribution >= 0.6 is 0 Å². The van der Waals surface area contributed by atoms with E-state index in [1.54, 1.807) is 0 Å². The van der Waals surface area contributed by atoms with Gasteiger partial charge in [0.1, 0.15) is 0 Å². The van der Waals surface area contributed by atoms with Crippen molar-refractivity contribution in [1.29, 1.82) is 0 Å². The van der Waals surface area contributed by atoms with Crippen LogP contribution in [0.3, 0.4) is 0 Å². The highest BCUT2D eigenvalue weighted by Gasteiger charge is 2.35. The molecular weight excluding hydrogens is 298 g/mol. The lowest BCUT2D eigenvalue weighted by Crippen LogP contribution is -2.35. The Morgan fingerprint density at radius 1 is 1.08 bits per heavy atom. The van der Waals surface area contributed by atoms with Crippen molar-refractivity contribution in [2.75, 3.05) is 13.7 Å². The summed E-state index contributed by atoms with van der Waals surface area (Å²) in [6.07, 6.45) is 4.56. The van der Waals surface area contributed by atoms with Gasteiger partial charge in [-0.25, -0.2) is 4.79 Å². The van der Waals surface area contributed by atoms with Crippen molar-refractivity contribution in [2.24, 2.45) is 0 Å². The zero-order valence-corrected chi connectivity index (χ0v) is 14.1. The van der Waals surface area contributed by atoms with E-state index in [1.165, 1.54) is 29.4 Å². The van der Waals surface area contributed by atoms with Gasteiger partial charge in [0.25, 0.3) is 0 Å². The molecule has 1 aliphatic carbocycles. The molecule has 3 heteroatoms. The fourth-order valence-corrected chi connectivity index (χ4v) is 3.48. The van der Waals surface area contributed by atoms with Crippen LogP contribution in [-0.4, -0.2) is 24.6 Å². The van der Waals surface area contributed by atoms with Gasteiger partial charge < -0.3 is 4.74 Å². The number of hydrogen-bond acceptors (Lipinski definition) is 2. The van der Waals surface area contributed by atoms with E-state index in [9.17, 15) is 4.79 Å². The number of unbranched alkanes of at least 4 members (excludes halogenated alkanes) is 2. The third-order valence-corrected chi connectivity index (χ3v) is 4.58. The number of hydrogen-bond donors (Lipinski definition) is 0. The van der Waals surface area contributed by atoms with Gasteiger partial charge in [0, 0.05) is 6.54 Å². The highest BCUT2D eigenvalue weighted by atomic mass is 16.5. The van der Waals surface area contributed by atoms with Gasteiger partial charge in [-0.2, -0.15) is 0 Å². The second-order valence-electron chi connectivity index (χ2n) is 6.02. The van der Waals surface area contributed by atoms with E-state index in [1.807, 2.05) is 35.2 Å². The Morgan fingerprint density at radius 2 is 1.67 bits per heavy atom. The average molecular weight is 321 g/mol. The number of benzene rings is 2. The van der Waals surface area contributed by atoms with E-state index in [0.717, 1.165) is 19.3 Å². The topological polar surface area (TPSA) is 29.5 Å². The summed E-state index contributed by atoms with van der Waals surface area (Å²) in [4.78, 5) is 14.3. The third kappa shape index (κ3) is 2.94. The van der Waals surface area contributed by atoms with Gasteiger partial charge in [-0.15, -0.1) is 6.58 Å². The summed E-state index contributed by atoms with van der Waals surface area (Å²) >= 11 is 0. The molecule has 2 aromatic rings. The van der Waals surface area contributed by atoms with Crippen molar-refractivity contribution < 1.29 is 9.53 Å². The first kappa shape index (κ1) is 16.3. The first-order chi connectivity index (χ1) is 11.8. The van der Waals surface area contributed by atoms with Crippen molar-refractivity contribution in [3.05, 3.63) is 72.3 Å². The SMILES string of the molecule is C=CCCCCN(C(=O)OC)C1c2ccccc2-c2ccccc21. The van der Waals surface area contributed by atoms with Crippen LogP contribution in [0.1, 0.15) is 36.4 Å². The summed E-state index contributed by atoms with van der Waals surface area (Å²) in [7, 11) is 1.45. The summed E-state index contributed by atoms with van der Waals surface area (Å²) in [6.45, 7) is 4.43. The van der Waals surface area contributed by atoms with Crippen molar-refractivity contribution in [3.8, 4) is 11.1 Å². The van der Waals surface area contributed by atoms with Crippen LogP contribution < -0.4 is 0 Å². The summed E-state index contributed by atoms with van der Waals surface area (Å²) < 4.78 is 5.08. The molecule has 24 heavy (non-hydrogen) atoms. The van der Waals surface area contributed by atoms with Gasteiger partial charge in [0.2, 0.25) is 0 Å². The highest BCUT2D eigenvalue weighted by molar-refractivity contribution is 5.81. The largest absolute Gasteiger partial charge is 0.453 e. The van der Waals surface area contributed by atoms with Gasteiger partial charge in [-0.1, -0.05) is 54.6 Å². The summed E-state index contributed by atoms with van der Waals surface area (Å²) in [5.41, 5.74) is 4.76. The molecule has 0 radical (unpaired) electrons. The van der Waals surface area contributed by atoms with Crippen LogP contribution in [0, 0.1) is 0 Å². The Kier molecular flexibility index (Phi) is 4.99. The number of nitrogens with zero attached hydrogens (tertiary/aromatic N) is 1. The Balaban J connectivity index is 1.97. The van der Waals surface area contributed by atoms with Gasteiger partial charge in [-0.3, -0.25) is 4.90 Å². The fourth-order valence-electron chi connectivity index (χ4n) is 3.48. The molecule has 0 unspecified atom stereocenters. The number of methoxy groups -OCH3 is 1. The Labute approximate surface area is 143 Å². The molecule has 0 aromatic heterocycles. The molecule has 0 atom stereocenters. The minimum Gasteiger partial charge on any atom is -0.453 e. The molecule has 0 heterocycles. The lowest BCUT2D eigenvalue weighted by Gasteiger charge is -2.29. The molecule has 2 aromatic carbocycles. The zero-order valence-electron chi connectivity index (χ0n) is 14.1. The average Bonchev–Trinajstić information content (AvgIpc) is 2.96. The van der Waals surface area contributed by atoms with Crippen LogP contribution in [0.5, 0.6) is 0 Å². The smallest absolute Gasteiger partial charge is 0.410 e. The van der Waals surface area contributed by atoms with Gasteiger partial charge in [-0.05, 0) is 41.5 Å². The lowest BCUT2D eigenvalue weighted by molar-refractivity contribution is 0.111. The van der Waals surface area contributed by atoms with Crippen molar-refractivity contribution in [3.63, 3.8) is 0 Å². The molecule has 0 fully saturated rings. The zero-order chi connectivity index (χ0) is 16.9. The number of rotatable bonds is 6. The molecule has 3 nitrogen and oxygen atoms in total. The number of ether oxygens (including phenoxy) is 1. The molecular formula is C21H23NO2. The van der Waals surface area contributed by atoms with Crippen molar-refractivity contribution >= 4 is 6.09 Å².